The molecule has 0 bridgehead atoms. The van der Waals surface area contributed by atoms with Crippen LogP contribution in [0.25, 0.3) is 0 Å². The highest BCUT2D eigenvalue weighted by Crippen LogP contribution is 2.62. The number of phenolic OH excluding ortho intramolecular Hbond substituents is 1. The molecule has 3 atom stereocenters. The van der Waals surface area contributed by atoms with Gasteiger partial charge in [-0.15, -0.1) is 0 Å². The Hall–Kier alpha value is -3.90. The molecule has 0 saturated heterocycles. The molecule has 1 spiro atoms. The zero-order valence-electron chi connectivity index (χ0n) is 25.3. The highest BCUT2D eigenvalue weighted by Gasteiger charge is 2.62. The minimum atomic E-state index is -1.28. The molecular formula is C37H36FNO3S. The predicted molar refractivity (Wildman–Crippen MR) is 172 cm³/mol. The summed E-state index contributed by atoms with van der Waals surface area (Å²) in [5, 5.41) is 12.2. The summed E-state index contributed by atoms with van der Waals surface area (Å²) in [6.45, 7) is 12.4. The lowest BCUT2D eigenvalue weighted by Gasteiger charge is -2.46. The van der Waals surface area contributed by atoms with Crippen molar-refractivity contribution in [2.75, 3.05) is 0 Å². The Morgan fingerprint density at radius 2 is 1.40 bits per heavy atom. The number of fused-ring (bicyclic) bond motifs is 1. The molecule has 1 N–H and O–H groups in total. The second-order valence-corrected chi connectivity index (χ2v) is 14.7. The molecule has 4 nitrogen and oxygen atoms in total. The maximum atomic E-state index is 15.1. The summed E-state index contributed by atoms with van der Waals surface area (Å²) in [5.41, 5.74) is 3.80. The number of hydrogen-bond donors (Lipinski definition) is 1. The molecule has 0 saturated carbocycles. The maximum absolute atomic E-state index is 15.1. The summed E-state index contributed by atoms with van der Waals surface area (Å²) in [4.78, 5) is 19.3. The van der Waals surface area contributed by atoms with Crippen LogP contribution in [-0.4, -0.2) is 20.8 Å². The SMILES string of the molecule is CC(C)(C)c1cc([C@@H]2c3cc(F)ccc3O[C@H](c3ccccc3)[C@]23SC(c2ccccc2)=NC3=O)cc(C(C)(C)C)c1O. The highest BCUT2D eigenvalue weighted by atomic mass is 32.2. The molecule has 1 amide bonds. The standard InChI is InChI=1S/C37H36FNO3S/c1-35(2,3)27-19-24(20-28(31(27)40)36(4,5)6)30-26-21-25(38)17-18-29(26)42-32(22-13-9-7-10-14-22)37(30)34(41)39-33(43-37)23-15-11-8-12-16-23/h7-21,30,32,40H,1-6H3/t30-,32-,37-/m1/s1. The second kappa shape index (κ2) is 10.4. The van der Waals surface area contributed by atoms with Gasteiger partial charge in [-0.25, -0.2) is 9.38 Å². The van der Waals surface area contributed by atoms with E-state index in [4.69, 9.17) is 4.74 Å². The lowest BCUT2D eigenvalue weighted by atomic mass is 9.70. The number of carbonyl (C=O) groups excluding carboxylic acids is 1. The van der Waals surface area contributed by atoms with Gasteiger partial charge in [-0.3, -0.25) is 4.79 Å². The normalized spacial score (nSPS) is 21.8. The molecule has 0 radical (unpaired) electrons. The van der Waals surface area contributed by atoms with Crippen LogP contribution in [0.1, 0.15) is 86.9 Å². The number of hydrogen-bond acceptors (Lipinski definition) is 4. The summed E-state index contributed by atoms with van der Waals surface area (Å²) < 4.78 is 20.5. The quantitative estimate of drug-likeness (QED) is 0.258. The molecular weight excluding hydrogens is 557 g/mol. The number of halogens is 1. The molecule has 6 rings (SSSR count). The number of thioether (sulfide) groups is 1. The number of amides is 1. The van der Waals surface area contributed by atoms with Gasteiger partial charge >= 0.3 is 0 Å². The number of aromatic hydroxyl groups is 1. The number of benzene rings is 4. The van der Waals surface area contributed by atoms with Crippen LogP contribution in [0, 0.1) is 5.82 Å². The van der Waals surface area contributed by atoms with Crippen LogP contribution in [0.5, 0.6) is 11.5 Å². The van der Waals surface area contributed by atoms with E-state index in [1.165, 1.54) is 23.9 Å². The van der Waals surface area contributed by atoms with Crippen molar-refractivity contribution in [3.05, 3.63) is 130 Å². The monoisotopic (exact) mass is 593 g/mol. The minimum Gasteiger partial charge on any atom is -0.507 e. The summed E-state index contributed by atoms with van der Waals surface area (Å²) in [6, 6.07) is 27.9. The Kier molecular flexibility index (Phi) is 7.04. The van der Waals surface area contributed by atoms with E-state index in [-0.39, 0.29) is 11.7 Å². The van der Waals surface area contributed by atoms with Gasteiger partial charge in [0.15, 0.2) is 4.75 Å². The first-order chi connectivity index (χ1) is 20.3. The van der Waals surface area contributed by atoms with E-state index in [9.17, 15) is 9.90 Å². The van der Waals surface area contributed by atoms with Gasteiger partial charge in [0.25, 0.3) is 5.91 Å². The molecule has 4 aromatic rings. The van der Waals surface area contributed by atoms with Crippen LogP contribution in [0.2, 0.25) is 0 Å². The van der Waals surface area contributed by atoms with Crippen LogP contribution in [0.15, 0.2) is 96.0 Å². The van der Waals surface area contributed by atoms with Gasteiger partial charge in [0.2, 0.25) is 0 Å². The molecule has 2 aliphatic heterocycles. The first kappa shape index (κ1) is 29.2. The molecule has 4 aromatic carbocycles. The third-order valence-electron chi connectivity index (χ3n) is 8.35. The lowest BCUT2D eigenvalue weighted by molar-refractivity contribution is -0.123. The fourth-order valence-electron chi connectivity index (χ4n) is 6.24. The van der Waals surface area contributed by atoms with Gasteiger partial charge in [-0.2, -0.15) is 0 Å². The predicted octanol–water partition coefficient (Wildman–Crippen LogP) is 8.85. The van der Waals surface area contributed by atoms with Crippen molar-refractivity contribution in [2.24, 2.45) is 4.99 Å². The Labute approximate surface area is 257 Å². The number of nitrogens with zero attached hydrogens (tertiary/aromatic N) is 1. The van der Waals surface area contributed by atoms with Crippen molar-refractivity contribution in [1.29, 1.82) is 0 Å². The Morgan fingerprint density at radius 3 is 1.98 bits per heavy atom. The van der Waals surface area contributed by atoms with Crippen molar-refractivity contribution in [2.45, 2.75) is 69.1 Å². The number of carbonyl (C=O) groups is 1. The molecule has 2 aliphatic rings. The van der Waals surface area contributed by atoms with Gasteiger partial charge < -0.3 is 9.84 Å². The maximum Gasteiger partial charge on any atom is 0.268 e. The van der Waals surface area contributed by atoms with Gasteiger partial charge in [0, 0.05) is 17.0 Å². The molecule has 0 fully saturated rings. The first-order valence-corrected chi connectivity index (χ1v) is 15.4. The molecule has 0 unspecified atom stereocenters. The van der Waals surface area contributed by atoms with Crippen LogP contribution in [-0.2, 0) is 15.6 Å². The molecule has 220 valence electrons. The highest BCUT2D eigenvalue weighted by molar-refractivity contribution is 8.16. The van der Waals surface area contributed by atoms with E-state index in [1.54, 1.807) is 6.07 Å². The van der Waals surface area contributed by atoms with E-state index in [0.29, 0.717) is 16.4 Å². The molecule has 6 heteroatoms. The van der Waals surface area contributed by atoms with Crippen molar-refractivity contribution in [3.8, 4) is 11.5 Å². The number of phenols is 1. The Bertz CT molecular complexity index is 1700. The van der Waals surface area contributed by atoms with Gasteiger partial charge in [0.1, 0.15) is 28.5 Å². The van der Waals surface area contributed by atoms with Crippen LogP contribution >= 0.6 is 11.8 Å². The molecule has 0 aliphatic carbocycles. The van der Waals surface area contributed by atoms with E-state index in [0.717, 1.165) is 27.8 Å². The van der Waals surface area contributed by atoms with Crippen molar-refractivity contribution in [3.63, 3.8) is 0 Å². The minimum absolute atomic E-state index is 0.246. The van der Waals surface area contributed by atoms with E-state index in [2.05, 4.69) is 46.5 Å². The average Bonchev–Trinajstić information content (AvgIpc) is 3.29. The fraction of sp³-hybridized carbons (Fsp3) is 0.297. The Morgan fingerprint density at radius 1 is 0.814 bits per heavy atom. The summed E-state index contributed by atoms with van der Waals surface area (Å²) in [7, 11) is 0. The molecule has 2 heterocycles. The zero-order valence-corrected chi connectivity index (χ0v) is 26.1. The van der Waals surface area contributed by atoms with Crippen molar-refractivity contribution in [1.82, 2.24) is 0 Å². The average molecular weight is 594 g/mol. The van der Waals surface area contributed by atoms with Gasteiger partial charge in [-0.05, 0) is 51.3 Å². The number of aliphatic imine (C=N–C) groups is 1. The largest absolute Gasteiger partial charge is 0.507 e. The summed E-state index contributed by atoms with van der Waals surface area (Å²) in [6.07, 6.45) is -0.718. The van der Waals surface area contributed by atoms with Gasteiger partial charge in [-0.1, -0.05) is 126 Å². The van der Waals surface area contributed by atoms with Gasteiger partial charge in [0.05, 0.1) is 0 Å². The summed E-state index contributed by atoms with van der Waals surface area (Å²) in [5.74, 6) is -0.605. The molecule has 0 aromatic heterocycles. The third kappa shape index (κ3) is 4.96. The Balaban J connectivity index is 1.69. The van der Waals surface area contributed by atoms with Crippen LogP contribution in [0.3, 0.4) is 0 Å². The second-order valence-electron chi connectivity index (χ2n) is 13.5. The first-order valence-electron chi connectivity index (χ1n) is 14.6. The zero-order chi connectivity index (χ0) is 30.7. The van der Waals surface area contributed by atoms with E-state index >= 15 is 4.39 Å². The third-order valence-corrected chi connectivity index (χ3v) is 9.84. The van der Waals surface area contributed by atoms with E-state index in [1.807, 2.05) is 72.8 Å². The van der Waals surface area contributed by atoms with Crippen molar-refractivity contribution >= 4 is 22.7 Å². The molecule has 43 heavy (non-hydrogen) atoms. The van der Waals surface area contributed by atoms with Crippen LogP contribution < -0.4 is 4.74 Å². The lowest BCUT2D eigenvalue weighted by Crippen LogP contribution is -2.49. The number of ether oxygens (including phenoxy) is 1. The van der Waals surface area contributed by atoms with Crippen molar-refractivity contribution < 1.29 is 19.0 Å². The number of rotatable bonds is 3. The van der Waals surface area contributed by atoms with E-state index < -0.39 is 33.4 Å². The smallest absolute Gasteiger partial charge is 0.268 e. The summed E-state index contributed by atoms with van der Waals surface area (Å²) >= 11 is 1.39. The fourth-order valence-corrected chi connectivity index (χ4v) is 7.75. The topological polar surface area (TPSA) is 58.9 Å². The van der Waals surface area contributed by atoms with Crippen LogP contribution in [0.4, 0.5) is 4.39 Å².